The summed E-state index contributed by atoms with van der Waals surface area (Å²) in [5.74, 6) is -1.32. The number of hydrogen-bond donors (Lipinski definition) is 1. The summed E-state index contributed by atoms with van der Waals surface area (Å²) < 4.78 is 0. The van der Waals surface area contributed by atoms with Crippen LogP contribution in [0.25, 0.3) is 0 Å². The normalized spacial score (nSPS) is 24.6. The molecule has 0 saturated carbocycles. The molecule has 1 saturated heterocycles. The highest BCUT2D eigenvalue weighted by Crippen LogP contribution is 2.52. The lowest BCUT2D eigenvalue weighted by Crippen LogP contribution is -2.57. The highest BCUT2D eigenvalue weighted by Gasteiger charge is 2.52. The molecule has 0 bridgehead atoms. The van der Waals surface area contributed by atoms with E-state index in [1.807, 2.05) is 43.3 Å². The van der Waals surface area contributed by atoms with Crippen molar-refractivity contribution in [2.24, 2.45) is 5.41 Å². The molecule has 1 amide bonds. The van der Waals surface area contributed by atoms with E-state index in [4.69, 9.17) is 23.2 Å². The van der Waals surface area contributed by atoms with Gasteiger partial charge in [0.15, 0.2) is 0 Å². The summed E-state index contributed by atoms with van der Waals surface area (Å²) in [6.07, 6.45) is 3.05. The quantitative estimate of drug-likeness (QED) is 0.480. The summed E-state index contributed by atoms with van der Waals surface area (Å²) in [5, 5.41) is 11.2. The zero-order valence-corrected chi connectivity index (χ0v) is 19.2. The number of allylic oxidation sites excluding steroid dienone is 1. The highest BCUT2D eigenvalue weighted by atomic mass is 35.5. The van der Waals surface area contributed by atoms with Gasteiger partial charge in [-0.05, 0) is 54.7 Å². The molecule has 1 unspecified atom stereocenters. The molecule has 4 atom stereocenters. The number of carbonyl (C=O) groups is 2. The Balaban J connectivity index is 2.25. The predicted octanol–water partition coefficient (Wildman–Crippen LogP) is 6.50. The van der Waals surface area contributed by atoms with Gasteiger partial charge in [0.25, 0.3) is 0 Å². The molecular formula is C25H27Cl2NO3. The van der Waals surface area contributed by atoms with Gasteiger partial charge in [-0.1, -0.05) is 67.4 Å². The zero-order chi connectivity index (χ0) is 22.8. The van der Waals surface area contributed by atoms with Crippen molar-refractivity contribution in [3.63, 3.8) is 0 Å². The predicted molar refractivity (Wildman–Crippen MR) is 124 cm³/mol. The van der Waals surface area contributed by atoms with Gasteiger partial charge in [0.05, 0.1) is 11.5 Å². The topological polar surface area (TPSA) is 57.6 Å². The van der Waals surface area contributed by atoms with Crippen LogP contribution < -0.4 is 0 Å². The number of halogens is 2. The van der Waals surface area contributed by atoms with Crippen molar-refractivity contribution in [2.75, 3.05) is 0 Å². The number of benzene rings is 2. The van der Waals surface area contributed by atoms with E-state index >= 15 is 0 Å². The summed E-state index contributed by atoms with van der Waals surface area (Å²) in [4.78, 5) is 27.6. The number of aliphatic carboxylic acids is 1. The molecule has 0 spiro atoms. The lowest BCUT2D eigenvalue weighted by Gasteiger charge is -2.51. The molecule has 2 aromatic rings. The van der Waals surface area contributed by atoms with Crippen LogP contribution in [0.15, 0.2) is 61.2 Å². The third-order valence-electron chi connectivity index (χ3n) is 6.19. The maximum absolute atomic E-state index is 13.8. The maximum Gasteiger partial charge on any atom is 0.326 e. The third kappa shape index (κ3) is 4.65. The zero-order valence-electron chi connectivity index (χ0n) is 17.7. The number of nitrogens with zero attached hydrogens (tertiary/aromatic N) is 1. The first kappa shape index (κ1) is 23.4. The van der Waals surface area contributed by atoms with Crippen molar-refractivity contribution in [2.45, 2.75) is 51.1 Å². The number of piperidine rings is 1. The minimum Gasteiger partial charge on any atom is -0.480 e. The summed E-state index contributed by atoms with van der Waals surface area (Å²) in [5.41, 5.74) is 1.06. The number of carboxylic acid groups (broad SMARTS) is 1. The summed E-state index contributed by atoms with van der Waals surface area (Å²) >= 11 is 12.4. The van der Waals surface area contributed by atoms with Gasteiger partial charge >= 0.3 is 5.97 Å². The molecule has 1 aliphatic heterocycles. The molecular weight excluding hydrogens is 433 g/mol. The van der Waals surface area contributed by atoms with Crippen molar-refractivity contribution < 1.29 is 14.7 Å². The van der Waals surface area contributed by atoms with Gasteiger partial charge in [-0.15, -0.1) is 6.58 Å². The van der Waals surface area contributed by atoms with Crippen molar-refractivity contribution in [1.82, 2.24) is 4.90 Å². The number of amides is 1. The first-order chi connectivity index (χ1) is 14.7. The van der Waals surface area contributed by atoms with Gasteiger partial charge in [0.2, 0.25) is 5.91 Å². The Bertz CT molecular complexity index is 975. The smallest absolute Gasteiger partial charge is 0.326 e. The monoisotopic (exact) mass is 459 g/mol. The van der Waals surface area contributed by atoms with Crippen LogP contribution in [-0.4, -0.2) is 27.9 Å². The molecule has 6 heteroatoms. The summed E-state index contributed by atoms with van der Waals surface area (Å²) in [6.45, 7) is 7.52. The van der Waals surface area contributed by atoms with E-state index in [9.17, 15) is 14.7 Å². The van der Waals surface area contributed by atoms with Gasteiger partial charge in [-0.3, -0.25) is 4.79 Å². The van der Waals surface area contributed by atoms with E-state index in [2.05, 4.69) is 6.58 Å². The Morgan fingerprint density at radius 1 is 1.23 bits per heavy atom. The molecule has 3 rings (SSSR count). The number of hydrogen-bond acceptors (Lipinski definition) is 2. The van der Waals surface area contributed by atoms with E-state index in [1.54, 1.807) is 30.0 Å². The number of carbonyl (C=O) groups excluding carboxylic acids is 1. The minimum absolute atomic E-state index is 0.143. The average Bonchev–Trinajstić information content (AvgIpc) is 2.72. The third-order valence-corrected chi connectivity index (χ3v) is 6.68. The van der Waals surface area contributed by atoms with Gasteiger partial charge in [-0.25, -0.2) is 4.79 Å². The van der Waals surface area contributed by atoms with Crippen LogP contribution >= 0.6 is 23.2 Å². The van der Waals surface area contributed by atoms with Gasteiger partial charge in [-0.2, -0.15) is 0 Å². The maximum atomic E-state index is 13.8. The van der Waals surface area contributed by atoms with Crippen LogP contribution in [0, 0.1) is 5.41 Å². The summed E-state index contributed by atoms with van der Waals surface area (Å²) in [6, 6.07) is 13.5. The standard InChI is InChI=1S/C25H27Cl2NO3/c1-4-13-25(3)15-20(17-7-6-8-19(27)14-17)22(16-9-11-18(26)12-10-16)28(24(25)31)21(5-2)23(29)30/h4,6-12,14,20-22H,1,5,13,15H2,2-3H3,(H,29,30)/t20-,21+,22-,25?/m1/s1. The average molecular weight is 460 g/mol. The van der Waals surface area contributed by atoms with Gasteiger partial charge in [0.1, 0.15) is 6.04 Å². The Kier molecular flexibility index (Phi) is 7.13. The SMILES string of the molecule is C=CCC1(C)C[C@H](c2cccc(Cl)c2)[C@@H](c2ccc(Cl)cc2)N([C@@H](CC)C(=O)O)C1=O. The van der Waals surface area contributed by atoms with Crippen molar-refractivity contribution >= 4 is 35.1 Å². The molecule has 1 N–H and O–H groups in total. The van der Waals surface area contributed by atoms with E-state index in [1.165, 1.54) is 0 Å². The van der Waals surface area contributed by atoms with Crippen LogP contribution in [-0.2, 0) is 9.59 Å². The summed E-state index contributed by atoms with van der Waals surface area (Å²) in [7, 11) is 0. The van der Waals surface area contributed by atoms with Crippen LogP contribution in [0.1, 0.15) is 56.2 Å². The van der Waals surface area contributed by atoms with Crippen LogP contribution in [0.3, 0.4) is 0 Å². The molecule has 1 heterocycles. The van der Waals surface area contributed by atoms with Crippen molar-refractivity contribution in [3.8, 4) is 0 Å². The highest BCUT2D eigenvalue weighted by molar-refractivity contribution is 6.30. The molecule has 0 aromatic heterocycles. The minimum atomic E-state index is -1.01. The van der Waals surface area contributed by atoms with Gasteiger partial charge < -0.3 is 10.0 Å². The molecule has 1 aliphatic rings. The van der Waals surface area contributed by atoms with Gasteiger partial charge in [0, 0.05) is 16.0 Å². The Morgan fingerprint density at radius 3 is 2.45 bits per heavy atom. The van der Waals surface area contributed by atoms with Crippen molar-refractivity contribution in [3.05, 3.63) is 82.4 Å². The molecule has 31 heavy (non-hydrogen) atoms. The van der Waals surface area contributed by atoms with E-state index in [0.29, 0.717) is 29.3 Å². The first-order valence-electron chi connectivity index (χ1n) is 10.4. The fraction of sp³-hybridized carbons (Fsp3) is 0.360. The van der Waals surface area contributed by atoms with E-state index in [0.717, 1.165) is 11.1 Å². The Labute approximate surface area is 193 Å². The largest absolute Gasteiger partial charge is 0.480 e. The Morgan fingerprint density at radius 2 is 1.90 bits per heavy atom. The van der Waals surface area contributed by atoms with Crippen LogP contribution in [0.4, 0.5) is 0 Å². The Hall–Kier alpha value is -2.30. The molecule has 0 radical (unpaired) electrons. The molecule has 164 valence electrons. The van der Waals surface area contributed by atoms with E-state index < -0.39 is 23.5 Å². The van der Waals surface area contributed by atoms with Crippen LogP contribution in [0.5, 0.6) is 0 Å². The first-order valence-corrected chi connectivity index (χ1v) is 11.1. The number of carboxylic acids is 1. The second kappa shape index (κ2) is 9.46. The lowest BCUT2D eigenvalue weighted by atomic mass is 9.67. The van der Waals surface area contributed by atoms with Crippen LogP contribution in [0.2, 0.25) is 10.0 Å². The number of rotatable bonds is 7. The fourth-order valence-corrected chi connectivity index (χ4v) is 5.05. The molecule has 0 aliphatic carbocycles. The second-order valence-electron chi connectivity index (χ2n) is 8.39. The number of likely N-dealkylation sites (tertiary alicyclic amines) is 1. The molecule has 2 aromatic carbocycles. The molecule has 1 fully saturated rings. The van der Waals surface area contributed by atoms with Crippen molar-refractivity contribution in [1.29, 1.82) is 0 Å². The van der Waals surface area contributed by atoms with E-state index in [-0.39, 0.29) is 11.8 Å². The lowest BCUT2D eigenvalue weighted by molar-refractivity contribution is -0.164. The second-order valence-corrected chi connectivity index (χ2v) is 9.26. The molecule has 4 nitrogen and oxygen atoms in total. The fourth-order valence-electron chi connectivity index (χ4n) is 4.72.